The fourth-order valence-corrected chi connectivity index (χ4v) is 4.01. The molecule has 1 aromatic carbocycles. The predicted octanol–water partition coefficient (Wildman–Crippen LogP) is 5.21. The largest absolute Gasteiger partial charge is 0.310 e. The maximum absolute atomic E-state index is 3.59. The van der Waals surface area contributed by atoms with Crippen LogP contribution in [0.4, 0.5) is 0 Å². The number of benzene rings is 1. The minimum atomic E-state index is 0.536. The van der Waals surface area contributed by atoms with Gasteiger partial charge in [-0.05, 0) is 48.3 Å². The molecule has 0 aliphatic rings. The molecule has 2 aromatic rings. The van der Waals surface area contributed by atoms with Gasteiger partial charge in [0.2, 0.25) is 0 Å². The van der Waals surface area contributed by atoms with Gasteiger partial charge in [-0.2, -0.15) is 0 Å². The molecule has 1 nitrogen and oxygen atoms in total. The van der Waals surface area contributed by atoms with Crippen LogP contribution in [0.1, 0.15) is 49.3 Å². The van der Waals surface area contributed by atoms with E-state index in [2.05, 4.69) is 59.0 Å². The Kier molecular flexibility index (Phi) is 4.87. The highest BCUT2D eigenvalue weighted by Gasteiger charge is 2.16. The van der Waals surface area contributed by atoms with E-state index < -0.39 is 0 Å². The molecule has 1 aromatic heterocycles. The number of nitrogens with one attached hydrogen (secondary N) is 1. The maximum Gasteiger partial charge on any atom is 0.0380 e. The fraction of sp³-hybridized carbons (Fsp3) is 0.556. The van der Waals surface area contributed by atoms with E-state index in [1.165, 1.54) is 32.5 Å². The van der Waals surface area contributed by atoms with Gasteiger partial charge in [0.05, 0.1) is 0 Å². The van der Waals surface area contributed by atoms with Crippen molar-refractivity contribution in [3.05, 3.63) is 33.7 Å². The maximum atomic E-state index is 3.59. The van der Waals surface area contributed by atoms with Crippen LogP contribution in [0.5, 0.6) is 0 Å². The van der Waals surface area contributed by atoms with Crippen LogP contribution in [0.15, 0.2) is 12.1 Å². The normalized spacial score (nSPS) is 12.0. The molecule has 1 N–H and O–H groups in total. The van der Waals surface area contributed by atoms with Crippen LogP contribution < -0.4 is 5.32 Å². The molecule has 0 bridgehead atoms. The van der Waals surface area contributed by atoms with Crippen molar-refractivity contribution >= 4 is 21.4 Å². The quantitative estimate of drug-likeness (QED) is 0.796. The molecule has 0 aliphatic heterocycles. The molecular formula is C18H27NS. The lowest BCUT2D eigenvalue weighted by Crippen LogP contribution is -2.21. The van der Waals surface area contributed by atoms with E-state index in [0.717, 1.165) is 6.54 Å². The standard InChI is InChI=1S/C18H27NS/c1-11(2)9-15-16(10-19-12(3)4)20-18-14(6)8-7-13(5)17(15)18/h7-8,11-12,19H,9-10H2,1-6H3. The van der Waals surface area contributed by atoms with Crippen LogP contribution in [0.25, 0.3) is 10.1 Å². The fourth-order valence-electron chi connectivity index (χ4n) is 2.68. The summed E-state index contributed by atoms with van der Waals surface area (Å²) in [6, 6.07) is 5.07. The molecule has 2 heteroatoms. The van der Waals surface area contributed by atoms with Gasteiger partial charge in [0.15, 0.2) is 0 Å². The topological polar surface area (TPSA) is 12.0 Å². The zero-order chi connectivity index (χ0) is 14.9. The van der Waals surface area contributed by atoms with E-state index in [4.69, 9.17) is 0 Å². The van der Waals surface area contributed by atoms with Crippen molar-refractivity contribution in [2.24, 2.45) is 5.92 Å². The lowest BCUT2D eigenvalue weighted by Gasteiger charge is -2.11. The Hall–Kier alpha value is -0.860. The van der Waals surface area contributed by atoms with Crippen molar-refractivity contribution in [2.75, 3.05) is 0 Å². The molecule has 0 saturated heterocycles. The van der Waals surface area contributed by atoms with Gasteiger partial charge in [0.25, 0.3) is 0 Å². The van der Waals surface area contributed by atoms with Crippen molar-refractivity contribution < 1.29 is 0 Å². The Labute approximate surface area is 127 Å². The van der Waals surface area contributed by atoms with Crippen LogP contribution in [-0.4, -0.2) is 6.04 Å². The highest BCUT2D eigenvalue weighted by Crippen LogP contribution is 2.37. The summed E-state index contributed by atoms with van der Waals surface area (Å²) >= 11 is 1.99. The lowest BCUT2D eigenvalue weighted by molar-refractivity contribution is 0.585. The van der Waals surface area contributed by atoms with Crippen LogP contribution in [0, 0.1) is 19.8 Å². The molecule has 0 fully saturated rings. The second-order valence-electron chi connectivity index (χ2n) is 6.54. The second-order valence-corrected chi connectivity index (χ2v) is 7.65. The van der Waals surface area contributed by atoms with Crippen molar-refractivity contribution in [1.29, 1.82) is 0 Å². The minimum absolute atomic E-state index is 0.536. The summed E-state index contributed by atoms with van der Waals surface area (Å²) in [5, 5.41) is 5.10. The number of thiophene rings is 1. The van der Waals surface area contributed by atoms with Gasteiger partial charge < -0.3 is 5.32 Å². The van der Waals surface area contributed by atoms with Gasteiger partial charge in [0.1, 0.15) is 0 Å². The molecule has 0 unspecified atom stereocenters. The molecule has 0 saturated carbocycles. The Bertz CT molecular complexity index is 593. The predicted molar refractivity (Wildman–Crippen MR) is 91.8 cm³/mol. The molecule has 0 amide bonds. The molecule has 2 rings (SSSR count). The SMILES string of the molecule is Cc1ccc(C)c2c(CC(C)C)c(CNC(C)C)sc12. The summed E-state index contributed by atoms with van der Waals surface area (Å²) < 4.78 is 1.49. The van der Waals surface area contributed by atoms with Gasteiger partial charge in [0, 0.05) is 22.2 Å². The summed E-state index contributed by atoms with van der Waals surface area (Å²) in [5.74, 6) is 0.700. The van der Waals surface area contributed by atoms with Crippen LogP contribution in [-0.2, 0) is 13.0 Å². The lowest BCUT2D eigenvalue weighted by atomic mass is 9.96. The summed E-state index contributed by atoms with van der Waals surface area (Å²) in [5.41, 5.74) is 4.42. The van der Waals surface area contributed by atoms with Crippen LogP contribution >= 0.6 is 11.3 Å². The number of rotatable bonds is 5. The van der Waals surface area contributed by atoms with E-state index >= 15 is 0 Å². The third-order valence-corrected chi connectivity index (χ3v) is 5.08. The zero-order valence-electron chi connectivity index (χ0n) is 13.6. The van der Waals surface area contributed by atoms with Crippen molar-refractivity contribution in [2.45, 2.75) is 60.5 Å². The third kappa shape index (κ3) is 3.24. The molecule has 0 radical (unpaired) electrons. The Morgan fingerprint density at radius 2 is 1.70 bits per heavy atom. The Morgan fingerprint density at radius 3 is 2.30 bits per heavy atom. The first-order valence-electron chi connectivity index (χ1n) is 7.64. The van der Waals surface area contributed by atoms with E-state index in [-0.39, 0.29) is 0 Å². The van der Waals surface area contributed by atoms with E-state index in [1.807, 2.05) is 11.3 Å². The molecule has 0 spiro atoms. The highest BCUT2D eigenvalue weighted by molar-refractivity contribution is 7.19. The number of fused-ring (bicyclic) bond motifs is 1. The molecule has 1 heterocycles. The summed E-state index contributed by atoms with van der Waals surface area (Å²) in [6.07, 6.45) is 1.18. The zero-order valence-corrected chi connectivity index (χ0v) is 14.4. The second kappa shape index (κ2) is 6.28. The number of hydrogen-bond donors (Lipinski definition) is 1. The Morgan fingerprint density at radius 1 is 1.05 bits per heavy atom. The Balaban J connectivity index is 2.54. The van der Waals surface area contributed by atoms with Crippen LogP contribution in [0.2, 0.25) is 0 Å². The number of hydrogen-bond acceptors (Lipinski definition) is 2. The van der Waals surface area contributed by atoms with Gasteiger partial charge in [-0.15, -0.1) is 11.3 Å². The van der Waals surface area contributed by atoms with Crippen molar-refractivity contribution in [3.63, 3.8) is 0 Å². The smallest absolute Gasteiger partial charge is 0.0380 e. The van der Waals surface area contributed by atoms with Crippen molar-refractivity contribution in [1.82, 2.24) is 5.32 Å². The summed E-state index contributed by atoms with van der Waals surface area (Å²) in [6.45, 7) is 14.5. The van der Waals surface area contributed by atoms with Gasteiger partial charge >= 0.3 is 0 Å². The van der Waals surface area contributed by atoms with Gasteiger partial charge in [-0.25, -0.2) is 0 Å². The van der Waals surface area contributed by atoms with Crippen LogP contribution in [0.3, 0.4) is 0 Å². The van der Waals surface area contributed by atoms with Crippen molar-refractivity contribution in [3.8, 4) is 0 Å². The average molecular weight is 289 g/mol. The molecular weight excluding hydrogens is 262 g/mol. The monoisotopic (exact) mass is 289 g/mol. The van der Waals surface area contributed by atoms with E-state index in [0.29, 0.717) is 12.0 Å². The molecule has 20 heavy (non-hydrogen) atoms. The molecule has 0 atom stereocenters. The van der Waals surface area contributed by atoms with E-state index in [9.17, 15) is 0 Å². The molecule has 110 valence electrons. The average Bonchev–Trinajstić information content (AvgIpc) is 2.71. The van der Waals surface area contributed by atoms with Gasteiger partial charge in [-0.3, -0.25) is 0 Å². The first kappa shape index (κ1) is 15.5. The first-order valence-corrected chi connectivity index (χ1v) is 8.45. The molecule has 0 aliphatic carbocycles. The minimum Gasteiger partial charge on any atom is -0.310 e. The third-order valence-electron chi connectivity index (χ3n) is 3.71. The summed E-state index contributed by atoms with van der Waals surface area (Å²) in [4.78, 5) is 1.53. The number of aryl methyl sites for hydroxylation is 2. The first-order chi connectivity index (χ1) is 9.40. The van der Waals surface area contributed by atoms with Gasteiger partial charge in [-0.1, -0.05) is 39.8 Å². The highest BCUT2D eigenvalue weighted by atomic mass is 32.1. The summed E-state index contributed by atoms with van der Waals surface area (Å²) in [7, 11) is 0. The van der Waals surface area contributed by atoms with E-state index in [1.54, 1.807) is 5.56 Å².